The normalized spacial score (nSPS) is 24.2. The van der Waals surface area contributed by atoms with Gasteiger partial charge in [0.2, 0.25) is 5.91 Å². The molecule has 0 spiro atoms. The number of nitrogens with zero attached hydrogens (tertiary/aromatic N) is 2. The molecule has 106 valence electrons. The number of hydrogen-bond acceptors (Lipinski definition) is 3. The fourth-order valence-corrected chi connectivity index (χ4v) is 2.92. The van der Waals surface area contributed by atoms with Crippen molar-refractivity contribution in [3.05, 3.63) is 10.6 Å². The Balaban J connectivity index is 1.89. The molecular weight excluding hydrogens is 307 g/mol. The van der Waals surface area contributed by atoms with E-state index in [1.807, 2.05) is 11.5 Å². The Morgan fingerprint density at radius 3 is 2.79 bits per heavy atom. The van der Waals surface area contributed by atoms with Crippen molar-refractivity contribution >= 4 is 41.3 Å². The van der Waals surface area contributed by atoms with Crippen LogP contribution in [0.25, 0.3) is 0 Å². The van der Waals surface area contributed by atoms with Crippen LogP contribution in [0.3, 0.4) is 0 Å². The molecule has 5 nitrogen and oxygen atoms in total. The summed E-state index contributed by atoms with van der Waals surface area (Å²) in [6.07, 6.45) is 1.27. The van der Waals surface area contributed by atoms with Gasteiger partial charge < -0.3 is 9.88 Å². The summed E-state index contributed by atoms with van der Waals surface area (Å²) in [6, 6.07) is 0. The van der Waals surface area contributed by atoms with Crippen LogP contribution < -0.4 is 5.32 Å². The van der Waals surface area contributed by atoms with Gasteiger partial charge in [0.15, 0.2) is 4.77 Å². The van der Waals surface area contributed by atoms with Crippen LogP contribution >= 0.6 is 35.4 Å². The first-order valence-corrected chi connectivity index (χ1v) is 7.28. The van der Waals surface area contributed by atoms with Gasteiger partial charge in [-0.2, -0.15) is 5.10 Å². The topological polar surface area (TPSA) is 62.7 Å². The number of carbonyl (C=O) groups is 1. The minimum Gasteiger partial charge on any atom is -0.354 e. The summed E-state index contributed by atoms with van der Waals surface area (Å²) in [5.41, 5.74) is -0.679. The summed E-state index contributed by atoms with van der Waals surface area (Å²) < 4.78 is 1.50. The number of hydrogen-bond donors (Lipinski definition) is 2. The van der Waals surface area contributed by atoms with Crippen LogP contribution in [0.15, 0.2) is 0 Å². The lowest BCUT2D eigenvalue weighted by Gasteiger charge is -2.13. The van der Waals surface area contributed by atoms with Crippen LogP contribution in [0.2, 0.25) is 0 Å². The SMILES string of the molecule is CCc1n[nH]c(=S)n1CCNC(=O)C1(C)CC1(Cl)Cl. The molecule has 8 heteroatoms. The van der Waals surface area contributed by atoms with Crippen molar-refractivity contribution in [3.63, 3.8) is 0 Å². The Morgan fingerprint density at radius 2 is 2.26 bits per heavy atom. The summed E-state index contributed by atoms with van der Waals surface area (Å²) in [4.78, 5) is 12.0. The van der Waals surface area contributed by atoms with Gasteiger partial charge >= 0.3 is 0 Å². The molecule has 1 aromatic heterocycles. The fraction of sp³-hybridized carbons (Fsp3) is 0.727. The van der Waals surface area contributed by atoms with E-state index < -0.39 is 9.75 Å². The van der Waals surface area contributed by atoms with Crippen LogP contribution in [0.5, 0.6) is 0 Å². The predicted octanol–water partition coefficient (Wildman–Crippen LogP) is 2.20. The first-order valence-electron chi connectivity index (χ1n) is 6.12. The van der Waals surface area contributed by atoms with Crippen LogP contribution in [0.1, 0.15) is 26.1 Å². The number of rotatable bonds is 5. The van der Waals surface area contributed by atoms with Crippen molar-refractivity contribution in [2.45, 2.75) is 37.6 Å². The smallest absolute Gasteiger partial charge is 0.229 e. The molecule has 1 heterocycles. The van der Waals surface area contributed by atoms with Crippen LogP contribution in [-0.2, 0) is 17.8 Å². The van der Waals surface area contributed by atoms with E-state index in [0.29, 0.717) is 24.3 Å². The number of aromatic amines is 1. The molecule has 2 rings (SSSR count). The maximum Gasteiger partial charge on any atom is 0.229 e. The van der Waals surface area contributed by atoms with E-state index in [1.54, 1.807) is 6.92 Å². The molecule has 0 aromatic carbocycles. The van der Waals surface area contributed by atoms with E-state index in [4.69, 9.17) is 35.4 Å². The summed E-state index contributed by atoms with van der Waals surface area (Å²) in [5, 5.41) is 9.69. The minimum atomic E-state index is -0.933. The number of nitrogens with one attached hydrogen (secondary N) is 2. The lowest BCUT2D eigenvalue weighted by Crippen LogP contribution is -2.35. The Morgan fingerprint density at radius 1 is 1.63 bits per heavy atom. The molecule has 1 saturated carbocycles. The summed E-state index contributed by atoms with van der Waals surface area (Å²) in [6.45, 7) is 4.82. The van der Waals surface area contributed by atoms with E-state index in [2.05, 4.69) is 15.5 Å². The predicted molar refractivity (Wildman–Crippen MR) is 77.0 cm³/mol. The highest BCUT2D eigenvalue weighted by molar-refractivity contribution is 7.71. The number of alkyl halides is 2. The van der Waals surface area contributed by atoms with Crippen LogP contribution in [0, 0.1) is 10.2 Å². The third-order valence-corrected chi connectivity index (χ3v) is 4.95. The van der Waals surface area contributed by atoms with E-state index in [1.165, 1.54) is 0 Å². The monoisotopic (exact) mass is 322 g/mol. The van der Waals surface area contributed by atoms with Gasteiger partial charge in [0.05, 0.1) is 5.41 Å². The quantitative estimate of drug-likeness (QED) is 0.645. The molecular formula is C11H16Cl2N4OS. The number of carbonyl (C=O) groups excluding carboxylic acids is 1. The van der Waals surface area contributed by atoms with Gasteiger partial charge in [-0.15, -0.1) is 23.2 Å². The maximum absolute atomic E-state index is 12.0. The van der Waals surface area contributed by atoms with Gasteiger partial charge in [0.1, 0.15) is 10.2 Å². The highest BCUT2D eigenvalue weighted by Gasteiger charge is 2.67. The van der Waals surface area contributed by atoms with Crippen molar-refractivity contribution in [1.29, 1.82) is 0 Å². The maximum atomic E-state index is 12.0. The zero-order valence-electron chi connectivity index (χ0n) is 10.8. The van der Waals surface area contributed by atoms with Gasteiger partial charge in [0, 0.05) is 19.5 Å². The molecule has 1 fully saturated rings. The van der Waals surface area contributed by atoms with Crippen molar-refractivity contribution in [3.8, 4) is 0 Å². The van der Waals surface area contributed by atoms with Crippen molar-refractivity contribution in [2.24, 2.45) is 5.41 Å². The molecule has 1 aliphatic carbocycles. The van der Waals surface area contributed by atoms with E-state index in [9.17, 15) is 4.79 Å². The Kier molecular flexibility index (Phi) is 3.95. The number of halogens is 2. The molecule has 0 aliphatic heterocycles. The minimum absolute atomic E-state index is 0.120. The Labute approximate surface area is 126 Å². The highest BCUT2D eigenvalue weighted by atomic mass is 35.5. The summed E-state index contributed by atoms with van der Waals surface area (Å²) >= 11 is 17.1. The third kappa shape index (κ3) is 2.66. The lowest BCUT2D eigenvalue weighted by atomic mass is 10.1. The fourth-order valence-electron chi connectivity index (χ4n) is 1.97. The molecule has 19 heavy (non-hydrogen) atoms. The molecule has 0 radical (unpaired) electrons. The molecule has 1 aromatic rings. The second-order valence-electron chi connectivity index (χ2n) is 4.92. The van der Waals surface area contributed by atoms with Gasteiger partial charge in [-0.05, 0) is 25.6 Å². The van der Waals surface area contributed by atoms with Crippen molar-refractivity contribution in [2.75, 3.05) is 6.54 Å². The zero-order chi connectivity index (χ0) is 14.3. The number of aryl methyl sites for hydroxylation is 1. The summed E-state index contributed by atoms with van der Waals surface area (Å²) in [5.74, 6) is 0.756. The largest absolute Gasteiger partial charge is 0.354 e. The molecule has 0 bridgehead atoms. The second-order valence-corrected chi connectivity index (χ2v) is 6.79. The van der Waals surface area contributed by atoms with Crippen molar-refractivity contribution in [1.82, 2.24) is 20.1 Å². The number of amides is 1. The third-order valence-electron chi connectivity index (χ3n) is 3.53. The van der Waals surface area contributed by atoms with E-state index >= 15 is 0 Å². The highest BCUT2D eigenvalue weighted by Crippen LogP contribution is 2.63. The Bertz CT molecular complexity index is 553. The van der Waals surface area contributed by atoms with E-state index in [-0.39, 0.29) is 5.91 Å². The molecule has 0 saturated heterocycles. The molecule has 1 aliphatic rings. The van der Waals surface area contributed by atoms with Gasteiger partial charge in [-0.1, -0.05) is 6.92 Å². The average Bonchev–Trinajstić information content (AvgIpc) is 2.68. The van der Waals surface area contributed by atoms with Crippen LogP contribution in [-0.4, -0.2) is 31.5 Å². The molecule has 1 unspecified atom stereocenters. The second kappa shape index (κ2) is 5.07. The van der Waals surface area contributed by atoms with Gasteiger partial charge in [0.25, 0.3) is 0 Å². The molecule has 1 amide bonds. The van der Waals surface area contributed by atoms with Crippen LogP contribution in [0.4, 0.5) is 0 Å². The standard InChI is InChI=1S/C11H16Cl2N4OS/c1-3-7-15-16-9(19)17(7)5-4-14-8(18)10(2)6-11(10,12)13/h3-6H2,1-2H3,(H,14,18)(H,16,19). The zero-order valence-corrected chi connectivity index (χ0v) is 13.1. The lowest BCUT2D eigenvalue weighted by molar-refractivity contribution is -0.125. The van der Waals surface area contributed by atoms with Gasteiger partial charge in [-0.25, -0.2) is 0 Å². The first-order chi connectivity index (χ1) is 8.82. The van der Waals surface area contributed by atoms with E-state index in [0.717, 1.165) is 12.2 Å². The first kappa shape index (κ1) is 14.8. The summed E-state index contributed by atoms with van der Waals surface area (Å²) in [7, 11) is 0. The van der Waals surface area contributed by atoms with Crippen molar-refractivity contribution < 1.29 is 4.79 Å². The Hall–Kier alpha value is -0.590. The van der Waals surface area contributed by atoms with Gasteiger partial charge in [-0.3, -0.25) is 9.89 Å². The molecule has 1 atom stereocenters. The number of aromatic nitrogens is 3. The average molecular weight is 323 g/mol. The number of H-pyrrole nitrogens is 1. The molecule has 2 N–H and O–H groups in total.